The third kappa shape index (κ3) is 2.81. The molecule has 2 aromatic heterocycles. The van der Waals surface area contributed by atoms with Crippen LogP contribution in [-0.2, 0) is 16.8 Å². The standard InChI is InChI=1S/C19H20BrN3OS/c1-12-10-23-16(13(2)21-18(23)25-12)11-22(3)17(24)19(7-8-19)14-5-4-6-15(20)9-14/h4-6,9-10H,7-8,11H2,1-3H3. The smallest absolute Gasteiger partial charge is 0.233 e. The maximum atomic E-state index is 13.2. The van der Waals surface area contributed by atoms with Crippen LogP contribution >= 0.6 is 27.3 Å². The van der Waals surface area contributed by atoms with Gasteiger partial charge >= 0.3 is 0 Å². The van der Waals surface area contributed by atoms with E-state index >= 15 is 0 Å². The van der Waals surface area contributed by atoms with Crippen LogP contribution in [0.1, 0.15) is 34.7 Å². The third-order valence-electron chi connectivity index (χ3n) is 5.01. The molecular weight excluding hydrogens is 398 g/mol. The number of aryl methyl sites for hydroxylation is 2. The van der Waals surface area contributed by atoms with E-state index in [0.29, 0.717) is 6.54 Å². The lowest BCUT2D eigenvalue weighted by Gasteiger charge is -2.24. The number of imidazole rings is 1. The number of thiazole rings is 1. The number of nitrogens with zero attached hydrogens (tertiary/aromatic N) is 3. The third-order valence-corrected chi connectivity index (χ3v) is 6.40. The number of fused-ring (bicyclic) bond motifs is 1. The quantitative estimate of drug-likeness (QED) is 0.627. The molecule has 4 rings (SSSR count). The fourth-order valence-electron chi connectivity index (χ4n) is 3.50. The maximum Gasteiger partial charge on any atom is 0.233 e. The zero-order chi connectivity index (χ0) is 17.8. The molecule has 6 heteroatoms. The first kappa shape index (κ1) is 16.8. The fourth-order valence-corrected chi connectivity index (χ4v) is 4.79. The highest BCUT2D eigenvalue weighted by molar-refractivity contribution is 9.10. The van der Waals surface area contributed by atoms with E-state index in [9.17, 15) is 4.79 Å². The number of hydrogen-bond donors (Lipinski definition) is 0. The summed E-state index contributed by atoms with van der Waals surface area (Å²) in [4.78, 5) is 21.9. The second-order valence-electron chi connectivity index (χ2n) is 6.89. The highest BCUT2D eigenvalue weighted by Crippen LogP contribution is 2.50. The zero-order valence-corrected chi connectivity index (χ0v) is 16.9. The van der Waals surface area contributed by atoms with Crippen LogP contribution in [0, 0.1) is 13.8 Å². The number of benzene rings is 1. The van der Waals surface area contributed by atoms with Crippen LogP contribution in [0.25, 0.3) is 4.96 Å². The molecule has 0 saturated heterocycles. The van der Waals surface area contributed by atoms with E-state index in [4.69, 9.17) is 0 Å². The number of likely N-dealkylation sites (N-methyl/N-ethyl adjacent to an activating group) is 1. The number of carbonyl (C=O) groups is 1. The highest BCUT2D eigenvalue weighted by atomic mass is 79.9. The molecule has 0 spiro atoms. The molecule has 0 N–H and O–H groups in total. The van der Waals surface area contributed by atoms with Gasteiger partial charge in [0.15, 0.2) is 4.96 Å². The summed E-state index contributed by atoms with van der Waals surface area (Å²) in [6.45, 7) is 4.68. The number of hydrogen-bond acceptors (Lipinski definition) is 3. The van der Waals surface area contributed by atoms with Gasteiger partial charge in [-0.3, -0.25) is 9.20 Å². The van der Waals surface area contributed by atoms with E-state index in [1.807, 2.05) is 31.0 Å². The summed E-state index contributed by atoms with van der Waals surface area (Å²) < 4.78 is 3.14. The summed E-state index contributed by atoms with van der Waals surface area (Å²) in [6, 6.07) is 8.14. The summed E-state index contributed by atoms with van der Waals surface area (Å²) in [6.07, 6.45) is 3.95. The van der Waals surface area contributed by atoms with E-state index < -0.39 is 0 Å². The molecule has 25 heavy (non-hydrogen) atoms. The van der Waals surface area contributed by atoms with Crippen molar-refractivity contribution in [2.75, 3.05) is 7.05 Å². The van der Waals surface area contributed by atoms with Crippen LogP contribution < -0.4 is 0 Å². The van der Waals surface area contributed by atoms with Crippen molar-refractivity contribution < 1.29 is 4.79 Å². The van der Waals surface area contributed by atoms with Gasteiger partial charge in [-0.15, -0.1) is 11.3 Å². The summed E-state index contributed by atoms with van der Waals surface area (Å²) in [5.41, 5.74) is 2.86. The lowest BCUT2D eigenvalue weighted by atomic mass is 9.94. The summed E-state index contributed by atoms with van der Waals surface area (Å²) >= 11 is 5.20. The van der Waals surface area contributed by atoms with Gasteiger partial charge in [-0.2, -0.15) is 0 Å². The molecule has 1 aliphatic rings. The molecule has 2 heterocycles. The predicted molar refractivity (Wildman–Crippen MR) is 104 cm³/mol. The van der Waals surface area contributed by atoms with Crippen molar-refractivity contribution in [1.82, 2.24) is 14.3 Å². The Balaban J connectivity index is 1.61. The second-order valence-corrected chi connectivity index (χ2v) is 9.02. The maximum absolute atomic E-state index is 13.2. The largest absolute Gasteiger partial charge is 0.339 e. The second kappa shape index (κ2) is 5.95. The van der Waals surface area contributed by atoms with E-state index in [-0.39, 0.29) is 11.3 Å². The van der Waals surface area contributed by atoms with Crippen molar-refractivity contribution in [3.05, 3.63) is 56.8 Å². The van der Waals surface area contributed by atoms with Gasteiger partial charge in [0.25, 0.3) is 0 Å². The fraction of sp³-hybridized carbons (Fsp3) is 0.368. The minimum Gasteiger partial charge on any atom is -0.339 e. The molecule has 1 aromatic carbocycles. The van der Waals surface area contributed by atoms with E-state index in [1.165, 1.54) is 4.88 Å². The van der Waals surface area contributed by atoms with Crippen LogP contribution in [0.2, 0.25) is 0 Å². The molecule has 0 atom stereocenters. The SMILES string of the molecule is Cc1cn2c(CN(C)C(=O)C3(c4cccc(Br)c4)CC3)c(C)nc2s1. The van der Waals surface area contributed by atoms with Crippen molar-refractivity contribution in [3.63, 3.8) is 0 Å². The molecule has 0 aliphatic heterocycles. The Bertz CT molecular complexity index is 970. The van der Waals surface area contributed by atoms with E-state index in [2.05, 4.69) is 50.6 Å². The minimum absolute atomic E-state index is 0.201. The summed E-state index contributed by atoms with van der Waals surface area (Å²) in [5, 5.41) is 0. The Morgan fingerprint density at radius 1 is 1.40 bits per heavy atom. The van der Waals surface area contributed by atoms with Crippen molar-refractivity contribution in [3.8, 4) is 0 Å². The Hall–Kier alpha value is -1.66. The van der Waals surface area contributed by atoms with Crippen LogP contribution in [-0.4, -0.2) is 27.2 Å². The van der Waals surface area contributed by atoms with Gasteiger partial charge in [0.2, 0.25) is 5.91 Å². The topological polar surface area (TPSA) is 37.6 Å². The molecule has 1 amide bonds. The molecule has 0 unspecified atom stereocenters. The Kier molecular flexibility index (Phi) is 4.00. The predicted octanol–water partition coefficient (Wildman–Crippen LogP) is 4.47. The van der Waals surface area contributed by atoms with Crippen molar-refractivity contribution >= 4 is 38.1 Å². The van der Waals surface area contributed by atoms with Crippen molar-refractivity contribution in [2.45, 2.75) is 38.6 Å². The number of aromatic nitrogens is 2. The van der Waals surface area contributed by atoms with E-state index in [0.717, 1.165) is 39.2 Å². The highest BCUT2D eigenvalue weighted by Gasteiger charge is 2.52. The molecule has 0 radical (unpaired) electrons. The summed E-state index contributed by atoms with van der Waals surface area (Å²) in [7, 11) is 1.90. The molecular formula is C19H20BrN3OS. The first-order valence-electron chi connectivity index (χ1n) is 8.36. The van der Waals surface area contributed by atoms with Crippen LogP contribution in [0.4, 0.5) is 0 Å². The first-order chi connectivity index (χ1) is 11.9. The molecule has 130 valence electrons. The minimum atomic E-state index is -0.346. The number of amides is 1. The van der Waals surface area contributed by atoms with E-state index in [1.54, 1.807) is 11.3 Å². The van der Waals surface area contributed by atoms with Gasteiger partial charge in [-0.25, -0.2) is 4.98 Å². The van der Waals surface area contributed by atoms with Gasteiger partial charge in [-0.1, -0.05) is 28.1 Å². The van der Waals surface area contributed by atoms with Gasteiger partial charge in [0.05, 0.1) is 23.3 Å². The van der Waals surface area contributed by atoms with Gasteiger partial charge in [0, 0.05) is 22.6 Å². The lowest BCUT2D eigenvalue weighted by molar-refractivity contribution is -0.133. The lowest BCUT2D eigenvalue weighted by Crippen LogP contribution is -2.36. The van der Waals surface area contributed by atoms with Crippen LogP contribution in [0.15, 0.2) is 34.9 Å². The van der Waals surface area contributed by atoms with Crippen LogP contribution in [0.5, 0.6) is 0 Å². The average molecular weight is 418 g/mol. The van der Waals surface area contributed by atoms with Gasteiger partial charge < -0.3 is 4.90 Å². The number of carbonyl (C=O) groups excluding carboxylic acids is 1. The Morgan fingerprint density at radius 3 is 2.84 bits per heavy atom. The summed E-state index contributed by atoms with van der Waals surface area (Å²) in [5.74, 6) is 0.201. The molecule has 3 aromatic rings. The Morgan fingerprint density at radius 2 is 2.16 bits per heavy atom. The van der Waals surface area contributed by atoms with Crippen LogP contribution in [0.3, 0.4) is 0 Å². The molecule has 4 nitrogen and oxygen atoms in total. The van der Waals surface area contributed by atoms with Gasteiger partial charge in [0.1, 0.15) is 0 Å². The Labute approximate surface area is 159 Å². The monoisotopic (exact) mass is 417 g/mol. The number of halogens is 1. The molecule has 0 bridgehead atoms. The van der Waals surface area contributed by atoms with Gasteiger partial charge in [-0.05, 0) is 44.4 Å². The normalized spacial score (nSPS) is 15.5. The molecule has 1 saturated carbocycles. The van der Waals surface area contributed by atoms with Crippen molar-refractivity contribution in [1.29, 1.82) is 0 Å². The molecule has 1 aliphatic carbocycles. The molecule has 1 fully saturated rings. The average Bonchev–Trinajstić information content (AvgIpc) is 3.24. The van der Waals surface area contributed by atoms with Crippen molar-refractivity contribution in [2.24, 2.45) is 0 Å². The first-order valence-corrected chi connectivity index (χ1v) is 9.97. The number of rotatable bonds is 4. The zero-order valence-electron chi connectivity index (χ0n) is 14.5.